The Kier molecular flexibility index (Phi) is 3.18. The van der Waals surface area contributed by atoms with Crippen molar-refractivity contribution in [1.29, 1.82) is 0 Å². The van der Waals surface area contributed by atoms with Gasteiger partial charge in [0, 0.05) is 12.6 Å². The summed E-state index contributed by atoms with van der Waals surface area (Å²) in [5.74, 6) is 0. The lowest BCUT2D eigenvalue weighted by Crippen LogP contribution is -2.45. The number of nitrogens with one attached hydrogen (secondary N) is 1. The van der Waals surface area contributed by atoms with Gasteiger partial charge in [-0.15, -0.1) is 0 Å². The van der Waals surface area contributed by atoms with Crippen LogP contribution in [-0.2, 0) is 19.4 Å². The maximum Gasteiger partial charge on any atom is 0.350 e. The van der Waals surface area contributed by atoms with Gasteiger partial charge in [-0.1, -0.05) is 30.3 Å². The number of benzene rings is 1. The molecule has 3 rings (SSSR count). The third kappa shape index (κ3) is 1.95. The SMILES string of the molecule is CNn1c2c(c(=O)n(Cc3ccccc3)c1=O)CCC2. The Morgan fingerprint density at radius 3 is 2.60 bits per heavy atom. The zero-order chi connectivity index (χ0) is 14.1. The summed E-state index contributed by atoms with van der Waals surface area (Å²) in [4.78, 5) is 24.9. The van der Waals surface area contributed by atoms with Gasteiger partial charge in [-0.3, -0.25) is 9.36 Å². The molecule has 1 N–H and O–H groups in total. The molecular weight excluding hydrogens is 254 g/mol. The lowest BCUT2D eigenvalue weighted by molar-refractivity contribution is 0.625. The monoisotopic (exact) mass is 271 g/mol. The van der Waals surface area contributed by atoms with Gasteiger partial charge in [-0.25, -0.2) is 9.47 Å². The van der Waals surface area contributed by atoms with Crippen LogP contribution < -0.4 is 16.7 Å². The quantitative estimate of drug-likeness (QED) is 0.895. The van der Waals surface area contributed by atoms with Crippen LogP contribution in [0.5, 0.6) is 0 Å². The number of rotatable bonds is 3. The maximum absolute atomic E-state index is 12.5. The van der Waals surface area contributed by atoms with Crippen molar-refractivity contribution in [3.05, 3.63) is 68.0 Å². The Hall–Kier alpha value is -2.30. The van der Waals surface area contributed by atoms with Gasteiger partial charge in [-0.2, -0.15) is 0 Å². The molecule has 0 radical (unpaired) electrons. The number of fused-ring (bicyclic) bond motifs is 1. The predicted molar refractivity (Wildman–Crippen MR) is 77.8 cm³/mol. The molecule has 1 heterocycles. The fourth-order valence-electron chi connectivity index (χ4n) is 2.83. The summed E-state index contributed by atoms with van der Waals surface area (Å²) in [5.41, 5.74) is 5.03. The topological polar surface area (TPSA) is 56.0 Å². The minimum atomic E-state index is -0.290. The summed E-state index contributed by atoms with van der Waals surface area (Å²) >= 11 is 0. The molecule has 1 aliphatic rings. The maximum atomic E-state index is 12.5. The molecule has 0 saturated heterocycles. The van der Waals surface area contributed by atoms with Crippen LogP contribution in [-0.4, -0.2) is 16.3 Å². The normalized spacial score (nSPS) is 13.2. The van der Waals surface area contributed by atoms with Crippen molar-refractivity contribution in [2.75, 3.05) is 12.5 Å². The molecule has 104 valence electrons. The lowest BCUT2D eigenvalue weighted by atomic mass is 10.2. The second-order valence-corrected chi connectivity index (χ2v) is 5.00. The van der Waals surface area contributed by atoms with E-state index < -0.39 is 0 Å². The molecule has 20 heavy (non-hydrogen) atoms. The molecule has 5 nitrogen and oxygen atoms in total. The van der Waals surface area contributed by atoms with Crippen molar-refractivity contribution in [3.8, 4) is 0 Å². The Bertz CT molecular complexity index is 744. The molecule has 0 spiro atoms. The Morgan fingerprint density at radius 1 is 1.15 bits per heavy atom. The fraction of sp³-hybridized carbons (Fsp3) is 0.333. The van der Waals surface area contributed by atoms with Crippen molar-refractivity contribution < 1.29 is 0 Å². The van der Waals surface area contributed by atoms with E-state index in [1.165, 1.54) is 9.24 Å². The van der Waals surface area contributed by atoms with E-state index in [0.717, 1.165) is 36.1 Å². The first kappa shape index (κ1) is 12.7. The van der Waals surface area contributed by atoms with Crippen molar-refractivity contribution in [3.63, 3.8) is 0 Å². The van der Waals surface area contributed by atoms with E-state index in [1.807, 2.05) is 30.3 Å². The van der Waals surface area contributed by atoms with Crippen LogP contribution in [0.3, 0.4) is 0 Å². The van der Waals surface area contributed by atoms with Crippen LogP contribution in [0.1, 0.15) is 23.2 Å². The van der Waals surface area contributed by atoms with Gasteiger partial charge in [-0.05, 0) is 24.8 Å². The smallest absolute Gasteiger partial charge is 0.325 e. The van der Waals surface area contributed by atoms with Crippen LogP contribution in [0.4, 0.5) is 0 Å². The van der Waals surface area contributed by atoms with Gasteiger partial charge in [0.15, 0.2) is 0 Å². The molecule has 1 aromatic heterocycles. The average molecular weight is 271 g/mol. The van der Waals surface area contributed by atoms with Crippen LogP contribution in [0.25, 0.3) is 0 Å². The minimum absolute atomic E-state index is 0.141. The number of aromatic nitrogens is 2. The molecule has 0 atom stereocenters. The van der Waals surface area contributed by atoms with Crippen molar-refractivity contribution in [1.82, 2.24) is 9.24 Å². The highest BCUT2D eigenvalue weighted by molar-refractivity contribution is 5.25. The summed E-state index contributed by atoms with van der Waals surface area (Å²) < 4.78 is 2.82. The highest BCUT2D eigenvalue weighted by Crippen LogP contribution is 2.16. The largest absolute Gasteiger partial charge is 0.350 e. The van der Waals surface area contributed by atoms with Crippen LogP contribution in [0, 0.1) is 0 Å². The summed E-state index contributed by atoms with van der Waals surface area (Å²) in [6.07, 6.45) is 2.47. The molecule has 2 aromatic rings. The Morgan fingerprint density at radius 2 is 1.90 bits per heavy atom. The van der Waals surface area contributed by atoms with E-state index in [2.05, 4.69) is 5.43 Å². The molecule has 1 aliphatic carbocycles. The summed E-state index contributed by atoms with van der Waals surface area (Å²) in [5, 5.41) is 0. The highest BCUT2D eigenvalue weighted by Gasteiger charge is 2.22. The Balaban J connectivity index is 2.17. The first-order valence-electron chi connectivity index (χ1n) is 6.81. The van der Waals surface area contributed by atoms with Crippen molar-refractivity contribution >= 4 is 0 Å². The van der Waals surface area contributed by atoms with E-state index in [1.54, 1.807) is 7.05 Å². The average Bonchev–Trinajstić information content (AvgIpc) is 2.94. The molecule has 0 bridgehead atoms. The number of nitrogens with zero attached hydrogens (tertiary/aromatic N) is 2. The first-order chi connectivity index (χ1) is 9.72. The zero-order valence-corrected chi connectivity index (χ0v) is 11.4. The summed E-state index contributed by atoms with van der Waals surface area (Å²) in [6.45, 7) is 0.313. The minimum Gasteiger partial charge on any atom is -0.325 e. The summed E-state index contributed by atoms with van der Waals surface area (Å²) in [7, 11) is 1.71. The van der Waals surface area contributed by atoms with E-state index in [-0.39, 0.29) is 11.2 Å². The molecule has 0 amide bonds. The van der Waals surface area contributed by atoms with Gasteiger partial charge < -0.3 is 5.43 Å². The van der Waals surface area contributed by atoms with Crippen LogP contribution >= 0.6 is 0 Å². The number of hydrogen-bond donors (Lipinski definition) is 1. The van der Waals surface area contributed by atoms with E-state index in [4.69, 9.17) is 0 Å². The molecule has 0 saturated carbocycles. The van der Waals surface area contributed by atoms with Gasteiger partial charge in [0.05, 0.1) is 12.2 Å². The van der Waals surface area contributed by atoms with Crippen LogP contribution in [0.2, 0.25) is 0 Å². The third-order valence-electron chi connectivity index (χ3n) is 3.79. The third-order valence-corrected chi connectivity index (χ3v) is 3.79. The number of hydrogen-bond acceptors (Lipinski definition) is 3. The van der Waals surface area contributed by atoms with E-state index in [0.29, 0.717) is 6.54 Å². The zero-order valence-electron chi connectivity index (χ0n) is 11.4. The van der Waals surface area contributed by atoms with Gasteiger partial charge in [0.25, 0.3) is 5.56 Å². The fourth-order valence-corrected chi connectivity index (χ4v) is 2.83. The van der Waals surface area contributed by atoms with Crippen molar-refractivity contribution in [2.24, 2.45) is 0 Å². The molecule has 0 fully saturated rings. The highest BCUT2D eigenvalue weighted by atomic mass is 16.2. The van der Waals surface area contributed by atoms with Crippen molar-refractivity contribution in [2.45, 2.75) is 25.8 Å². The first-order valence-corrected chi connectivity index (χ1v) is 6.81. The van der Waals surface area contributed by atoms with Gasteiger partial charge in [0.2, 0.25) is 0 Å². The summed E-state index contributed by atoms with van der Waals surface area (Å²) in [6, 6.07) is 9.57. The van der Waals surface area contributed by atoms with Crippen LogP contribution in [0.15, 0.2) is 39.9 Å². The molecule has 5 heteroatoms. The van der Waals surface area contributed by atoms with E-state index in [9.17, 15) is 9.59 Å². The second-order valence-electron chi connectivity index (χ2n) is 5.00. The molecule has 1 aromatic carbocycles. The Labute approximate surface area is 116 Å². The van der Waals surface area contributed by atoms with Gasteiger partial charge in [0.1, 0.15) is 0 Å². The predicted octanol–water partition coefficient (Wildman–Crippen LogP) is 0.720. The molecule has 0 aliphatic heterocycles. The van der Waals surface area contributed by atoms with E-state index >= 15 is 0 Å². The van der Waals surface area contributed by atoms with Gasteiger partial charge >= 0.3 is 5.69 Å². The standard InChI is InChI=1S/C15H17N3O2/c1-16-18-13-9-5-8-12(13)14(19)17(15(18)20)10-11-6-3-2-4-7-11/h2-4,6-7,16H,5,8-10H2,1H3. The lowest BCUT2D eigenvalue weighted by Gasteiger charge is -2.14. The molecule has 0 unspecified atom stereocenters. The second kappa shape index (κ2) is 5.00. The molecular formula is C15H17N3O2.